The van der Waals surface area contributed by atoms with Crippen LogP contribution in [0.15, 0.2) is 48.5 Å². The first-order valence-electron chi connectivity index (χ1n) is 10.4. The highest BCUT2D eigenvalue weighted by atomic mass is 32.1. The summed E-state index contributed by atoms with van der Waals surface area (Å²) in [6.45, 7) is 0.444. The average Bonchev–Trinajstić information content (AvgIpc) is 3.04. The fraction of sp³-hybridized carbons (Fsp3) is 0.391. The summed E-state index contributed by atoms with van der Waals surface area (Å²) in [5.41, 5.74) is 2.87. The first-order chi connectivity index (χ1) is 14.8. The summed E-state index contributed by atoms with van der Waals surface area (Å²) in [5, 5.41) is 11.2. The van der Waals surface area contributed by atoms with Crippen LogP contribution in [0, 0.1) is 11.7 Å². The van der Waals surface area contributed by atoms with Gasteiger partial charge in [-0.05, 0) is 60.6 Å². The van der Waals surface area contributed by atoms with E-state index < -0.39 is 18.1 Å². The van der Waals surface area contributed by atoms with E-state index >= 15 is 0 Å². The number of aliphatic hydroxyl groups is 1. The third-order valence-corrected chi connectivity index (χ3v) is 6.98. The van der Waals surface area contributed by atoms with E-state index in [4.69, 9.17) is 17.0 Å². The van der Waals surface area contributed by atoms with Crippen LogP contribution in [-0.2, 0) is 16.1 Å². The lowest BCUT2D eigenvalue weighted by atomic mass is 9.74. The molecule has 3 saturated heterocycles. The summed E-state index contributed by atoms with van der Waals surface area (Å²) in [5.74, 6) is -1.04. The molecule has 1 N–H and O–H groups in total. The maximum atomic E-state index is 13.4. The summed E-state index contributed by atoms with van der Waals surface area (Å²) >= 11 is 5.90. The van der Waals surface area contributed by atoms with Crippen molar-refractivity contribution in [2.45, 2.75) is 37.3 Å². The predicted molar refractivity (Wildman–Crippen MR) is 119 cm³/mol. The van der Waals surface area contributed by atoms with Crippen molar-refractivity contribution in [2.24, 2.45) is 5.92 Å². The Morgan fingerprint density at radius 1 is 1.13 bits per heavy atom. The average molecular weight is 442 g/mol. The molecule has 0 spiro atoms. The van der Waals surface area contributed by atoms with Crippen LogP contribution in [0.5, 0.6) is 0 Å². The Hall–Kier alpha value is -2.71. The number of hydrogen-bond donors (Lipinski definition) is 1. The minimum absolute atomic E-state index is 0.215. The molecule has 6 rings (SSSR count). The molecule has 2 bridgehead atoms. The van der Waals surface area contributed by atoms with Gasteiger partial charge in [0.1, 0.15) is 11.9 Å². The first kappa shape index (κ1) is 20.2. The number of hydrogen-bond acceptors (Lipinski definition) is 5. The summed E-state index contributed by atoms with van der Waals surface area (Å²) < 4.78 is 19.0. The number of benzene rings is 2. The highest BCUT2D eigenvalue weighted by Gasteiger charge is 2.62. The van der Waals surface area contributed by atoms with Crippen LogP contribution in [0.1, 0.15) is 12.0 Å². The van der Waals surface area contributed by atoms with Gasteiger partial charge in [0.2, 0.25) is 0 Å². The number of aliphatic hydroxyl groups excluding tert-OH is 1. The number of esters is 1. The van der Waals surface area contributed by atoms with Crippen LogP contribution in [0.25, 0.3) is 0 Å². The normalized spacial score (nSPS) is 29.2. The number of halogens is 1. The Bertz CT molecular complexity index is 1010. The lowest BCUT2D eigenvalue weighted by Crippen LogP contribution is -2.66. The van der Waals surface area contributed by atoms with Crippen molar-refractivity contribution < 1.29 is 19.0 Å². The van der Waals surface area contributed by atoms with Crippen molar-refractivity contribution in [1.82, 2.24) is 4.90 Å². The molecular weight excluding hydrogens is 417 g/mol. The summed E-state index contributed by atoms with van der Waals surface area (Å²) in [6, 6.07) is 13.9. The van der Waals surface area contributed by atoms with Crippen LogP contribution < -0.4 is 9.80 Å². The van der Waals surface area contributed by atoms with E-state index in [2.05, 4.69) is 0 Å². The molecule has 2 aromatic carbocycles. The molecule has 0 aromatic heterocycles. The van der Waals surface area contributed by atoms with Gasteiger partial charge in [-0.15, -0.1) is 0 Å². The van der Waals surface area contributed by atoms with Gasteiger partial charge in [0, 0.05) is 32.0 Å². The van der Waals surface area contributed by atoms with Crippen LogP contribution in [0.2, 0.25) is 0 Å². The molecule has 4 aliphatic rings. The minimum atomic E-state index is -0.724. The van der Waals surface area contributed by atoms with E-state index in [1.807, 2.05) is 53.1 Å². The summed E-state index contributed by atoms with van der Waals surface area (Å²) in [4.78, 5) is 18.7. The zero-order valence-corrected chi connectivity index (χ0v) is 18.1. The number of ether oxygens (including phenoxy) is 1. The van der Waals surface area contributed by atoms with Gasteiger partial charge < -0.3 is 24.5 Å². The van der Waals surface area contributed by atoms with Crippen molar-refractivity contribution in [2.75, 3.05) is 23.9 Å². The second-order valence-electron chi connectivity index (χ2n) is 8.61. The molecule has 0 unspecified atom stereocenters. The number of anilines is 2. The van der Waals surface area contributed by atoms with Crippen LogP contribution in [0.3, 0.4) is 0 Å². The van der Waals surface area contributed by atoms with Crippen molar-refractivity contribution in [1.29, 1.82) is 0 Å². The Morgan fingerprint density at radius 3 is 2.45 bits per heavy atom. The maximum absolute atomic E-state index is 13.4. The van der Waals surface area contributed by atoms with E-state index in [1.54, 1.807) is 12.1 Å². The molecule has 162 valence electrons. The smallest absolute Gasteiger partial charge is 0.311 e. The molecule has 6 nitrogen and oxygen atoms in total. The quantitative estimate of drug-likeness (QED) is 0.578. The molecule has 1 saturated carbocycles. The van der Waals surface area contributed by atoms with E-state index in [9.17, 15) is 14.3 Å². The fourth-order valence-corrected chi connectivity index (χ4v) is 5.45. The molecule has 1 aliphatic carbocycles. The number of carbonyl (C=O) groups is 1. The fourth-order valence-electron chi connectivity index (χ4n) is 5.04. The second kappa shape index (κ2) is 7.46. The number of carbonyl (C=O) groups excluding carboxylic acids is 1. The van der Waals surface area contributed by atoms with Gasteiger partial charge in [0.05, 0.1) is 24.1 Å². The SMILES string of the molecule is CN(C)c1ccc(N2C(=S)N(Cc3ccc(F)cc3)[C@H]3[C@H]4OC(=O)[C@@H](C[C@H]4O)[C@@H]32)cc1. The molecular formula is C23H24FN3O3S. The molecule has 3 heterocycles. The Kier molecular flexibility index (Phi) is 4.86. The largest absolute Gasteiger partial charge is 0.457 e. The molecule has 31 heavy (non-hydrogen) atoms. The topological polar surface area (TPSA) is 56.2 Å². The van der Waals surface area contributed by atoms with Gasteiger partial charge in [-0.2, -0.15) is 0 Å². The van der Waals surface area contributed by atoms with E-state index in [0.29, 0.717) is 18.1 Å². The number of nitrogens with zero attached hydrogens (tertiary/aromatic N) is 3. The maximum Gasteiger partial charge on any atom is 0.311 e. The van der Waals surface area contributed by atoms with Crippen LogP contribution in [0.4, 0.5) is 15.8 Å². The van der Waals surface area contributed by atoms with Gasteiger partial charge in [0.25, 0.3) is 0 Å². The first-order valence-corrected chi connectivity index (χ1v) is 10.8. The number of fused-ring (bicyclic) bond motifs is 2. The van der Waals surface area contributed by atoms with Gasteiger partial charge in [-0.1, -0.05) is 12.1 Å². The van der Waals surface area contributed by atoms with Crippen molar-refractivity contribution >= 4 is 34.7 Å². The van der Waals surface area contributed by atoms with Crippen LogP contribution >= 0.6 is 12.2 Å². The summed E-state index contributed by atoms with van der Waals surface area (Å²) in [6.07, 6.45) is -1.00. The lowest BCUT2D eigenvalue weighted by Gasteiger charge is -2.49. The van der Waals surface area contributed by atoms with Crippen molar-refractivity contribution in [3.8, 4) is 0 Å². The lowest BCUT2D eigenvalue weighted by molar-refractivity contribution is -0.194. The summed E-state index contributed by atoms with van der Waals surface area (Å²) in [7, 11) is 3.96. The molecule has 5 atom stereocenters. The number of rotatable bonds is 4. The molecule has 3 aliphatic heterocycles. The predicted octanol–water partition coefficient (Wildman–Crippen LogP) is 2.54. The van der Waals surface area contributed by atoms with Crippen molar-refractivity contribution in [3.05, 3.63) is 59.9 Å². The highest BCUT2D eigenvalue weighted by Crippen LogP contribution is 2.46. The number of thiocarbonyl (C=S) groups is 1. The van der Waals surface area contributed by atoms with Gasteiger partial charge in [-0.25, -0.2) is 4.39 Å². The van der Waals surface area contributed by atoms with Gasteiger partial charge >= 0.3 is 5.97 Å². The molecule has 4 fully saturated rings. The Morgan fingerprint density at radius 2 is 1.81 bits per heavy atom. The molecule has 2 aromatic rings. The molecule has 8 heteroatoms. The highest BCUT2D eigenvalue weighted by molar-refractivity contribution is 7.80. The monoisotopic (exact) mass is 441 g/mol. The Balaban J connectivity index is 1.54. The van der Waals surface area contributed by atoms with Gasteiger partial charge in [-0.3, -0.25) is 4.79 Å². The van der Waals surface area contributed by atoms with Gasteiger partial charge in [0.15, 0.2) is 5.11 Å². The molecule has 0 amide bonds. The zero-order chi connectivity index (χ0) is 21.9. The third kappa shape index (κ3) is 3.25. The zero-order valence-electron chi connectivity index (χ0n) is 17.3. The van der Waals surface area contributed by atoms with E-state index in [-0.39, 0.29) is 23.9 Å². The third-order valence-electron chi connectivity index (χ3n) is 6.55. The van der Waals surface area contributed by atoms with E-state index in [1.165, 1.54) is 12.1 Å². The van der Waals surface area contributed by atoms with Crippen molar-refractivity contribution in [3.63, 3.8) is 0 Å². The minimum Gasteiger partial charge on any atom is -0.457 e. The van der Waals surface area contributed by atoms with E-state index in [0.717, 1.165) is 16.9 Å². The second-order valence-corrected chi connectivity index (χ2v) is 8.98. The molecule has 0 radical (unpaired) electrons. The van der Waals surface area contributed by atoms with Crippen LogP contribution in [-0.4, -0.2) is 59.5 Å². The Labute approximate surface area is 185 Å². The standard InChI is InChI=1S/C23H24FN3O3S/c1-25(2)15-7-9-16(10-8-15)27-19-17-11-18(28)21(30-22(17)29)20(19)26(23(27)31)12-13-3-5-14(24)6-4-13/h3-10,17-21,28H,11-12H2,1-2H3/t17-,18+,19-,20+,21-/m0/s1.